The zero-order valence-corrected chi connectivity index (χ0v) is 25.6. The van der Waals surface area contributed by atoms with Crippen LogP contribution in [0.25, 0.3) is 11.1 Å². The van der Waals surface area contributed by atoms with Crippen molar-refractivity contribution in [3.05, 3.63) is 66.2 Å². The number of likely N-dealkylation sites (tertiary alicyclic amines) is 1. The lowest BCUT2D eigenvalue weighted by Crippen LogP contribution is -2.57. The second-order valence-corrected chi connectivity index (χ2v) is 12.3. The zero-order valence-electron chi connectivity index (χ0n) is 25.6. The summed E-state index contributed by atoms with van der Waals surface area (Å²) >= 11 is 0. The summed E-state index contributed by atoms with van der Waals surface area (Å²) in [6.45, 7) is 8.19. The Morgan fingerprint density at radius 1 is 1.04 bits per heavy atom. The molecule has 0 bridgehead atoms. The van der Waals surface area contributed by atoms with Crippen LogP contribution in [0.5, 0.6) is 11.5 Å². The maximum atomic E-state index is 12.5. The van der Waals surface area contributed by atoms with Crippen molar-refractivity contribution >= 4 is 29.7 Å². The largest absolute Gasteiger partial charge is 0.487 e. The summed E-state index contributed by atoms with van der Waals surface area (Å²) in [5.41, 5.74) is 2.72. The Bertz CT molecular complexity index is 1580. The van der Waals surface area contributed by atoms with Crippen molar-refractivity contribution in [1.82, 2.24) is 15.2 Å². The topological polar surface area (TPSA) is 132 Å². The molecule has 3 aromatic rings. The molecule has 0 saturated carbocycles. The van der Waals surface area contributed by atoms with Gasteiger partial charge in [0, 0.05) is 6.54 Å². The molecular formula is C33H37N5O7. The number of benzene rings is 2. The lowest BCUT2D eigenvalue weighted by molar-refractivity contribution is -0.118. The van der Waals surface area contributed by atoms with Crippen LogP contribution in [0, 0.1) is 0 Å². The molecule has 2 N–H and O–H groups in total. The monoisotopic (exact) mass is 615 g/mol. The van der Waals surface area contributed by atoms with Crippen molar-refractivity contribution in [3.8, 4) is 22.6 Å². The van der Waals surface area contributed by atoms with E-state index >= 15 is 0 Å². The van der Waals surface area contributed by atoms with Gasteiger partial charge in [-0.05, 0) is 80.8 Å². The highest BCUT2D eigenvalue weighted by Crippen LogP contribution is 2.31. The zero-order chi connectivity index (χ0) is 31.6. The number of hydrogen-bond acceptors (Lipinski definition) is 9. The Labute approximate surface area is 261 Å². The van der Waals surface area contributed by atoms with Crippen molar-refractivity contribution in [1.29, 1.82) is 0 Å². The standard InChI is InChI=1S/C33H37N5O7/c1-33(2,3)45-31(40)37-17-26(18-37)43-24-9-5-8-23(15-24)22-7-4-6-21(14-22)16-34-13-12-25-19-38(32(41)44-25)28-11-10-27-30(35-28)36-29(39)20-42-27/h4-11,14-15,25-26,34H,12-13,16-20H2,1-3H3,(H,35,36,39)/t25-/m0/s1. The van der Waals surface area contributed by atoms with Gasteiger partial charge in [0.1, 0.15) is 29.4 Å². The highest BCUT2D eigenvalue weighted by Gasteiger charge is 2.35. The second-order valence-electron chi connectivity index (χ2n) is 12.3. The number of amides is 3. The molecule has 12 heteroatoms. The predicted molar refractivity (Wildman–Crippen MR) is 166 cm³/mol. The Kier molecular flexibility index (Phi) is 8.48. The third-order valence-corrected chi connectivity index (χ3v) is 7.48. The van der Waals surface area contributed by atoms with Gasteiger partial charge in [-0.3, -0.25) is 9.69 Å². The number of nitrogens with zero attached hydrogens (tertiary/aromatic N) is 3. The van der Waals surface area contributed by atoms with Gasteiger partial charge in [-0.25, -0.2) is 14.6 Å². The molecule has 1 atom stereocenters. The normalized spacial score (nSPS) is 18.0. The summed E-state index contributed by atoms with van der Waals surface area (Å²) in [6.07, 6.45) is -0.496. The van der Waals surface area contributed by atoms with Gasteiger partial charge in [0.2, 0.25) is 0 Å². The van der Waals surface area contributed by atoms with Crippen molar-refractivity contribution in [3.63, 3.8) is 0 Å². The van der Waals surface area contributed by atoms with E-state index in [9.17, 15) is 14.4 Å². The van der Waals surface area contributed by atoms with E-state index in [-0.39, 0.29) is 30.8 Å². The minimum Gasteiger partial charge on any atom is -0.487 e. The molecule has 0 unspecified atom stereocenters. The summed E-state index contributed by atoms with van der Waals surface area (Å²) in [5.74, 6) is 1.65. The van der Waals surface area contributed by atoms with Crippen molar-refractivity contribution < 1.29 is 33.3 Å². The van der Waals surface area contributed by atoms with Crippen LogP contribution in [0.1, 0.15) is 32.8 Å². The Morgan fingerprint density at radius 3 is 2.62 bits per heavy atom. The summed E-state index contributed by atoms with van der Waals surface area (Å²) in [5, 5.41) is 6.11. The number of rotatable bonds is 9. The molecule has 4 heterocycles. The van der Waals surface area contributed by atoms with Crippen LogP contribution in [0.4, 0.5) is 21.2 Å². The molecule has 12 nitrogen and oxygen atoms in total. The molecule has 45 heavy (non-hydrogen) atoms. The van der Waals surface area contributed by atoms with Gasteiger partial charge >= 0.3 is 12.2 Å². The molecule has 2 saturated heterocycles. The maximum absolute atomic E-state index is 12.5. The van der Waals surface area contributed by atoms with Gasteiger partial charge in [-0.2, -0.15) is 0 Å². The number of carbonyl (C=O) groups is 3. The van der Waals surface area contributed by atoms with E-state index in [2.05, 4.69) is 33.8 Å². The van der Waals surface area contributed by atoms with E-state index in [1.54, 1.807) is 17.0 Å². The molecule has 2 aromatic carbocycles. The van der Waals surface area contributed by atoms with Crippen LogP contribution in [0.2, 0.25) is 0 Å². The summed E-state index contributed by atoms with van der Waals surface area (Å²) in [7, 11) is 0. The first-order valence-electron chi connectivity index (χ1n) is 15.1. The van der Waals surface area contributed by atoms with Gasteiger partial charge in [0.25, 0.3) is 5.91 Å². The first-order valence-corrected chi connectivity index (χ1v) is 15.1. The molecule has 6 rings (SSSR count). The van der Waals surface area contributed by atoms with E-state index in [1.807, 2.05) is 51.1 Å². The Balaban J connectivity index is 0.965. The molecular weight excluding hydrogens is 578 g/mol. The van der Waals surface area contributed by atoms with Crippen LogP contribution < -0.4 is 25.0 Å². The lowest BCUT2D eigenvalue weighted by Gasteiger charge is -2.39. The second kappa shape index (κ2) is 12.6. The van der Waals surface area contributed by atoms with Gasteiger partial charge in [0.15, 0.2) is 18.2 Å². The molecule has 2 fully saturated rings. The minimum atomic E-state index is -0.519. The highest BCUT2D eigenvalue weighted by atomic mass is 16.6. The van der Waals surface area contributed by atoms with Crippen LogP contribution >= 0.6 is 0 Å². The van der Waals surface area contributed by atoms with E-state index in [0.717, 1.165) is 22.4 Å². The average Bonchev–Trinajstić information content (AvgIpc) is 3.36. The average molecular weight is 616 g/mol. The van der Waals surface area contributed by atoms with E-state index in [4.69, 9.17) is 18.9 Å². The van der Waals surface area contributed by atoms with Crippen LogP contribution in [0.15, 0.2) is 60.7 Å². The SMILES string of the molecule is CC(C)(C)OC(=O)N1CC(Oc2cccc(-c3cccc(CNCC[C@H]4CN(c5ccc6c(n5)NC(=O)CO6)C(=O)O4)c3)c2)C1. The van der Waals surface area contributed by atoms with E-state index in [0.29, 0.717) is 56.5 Å². The lowest BCUT2D eigenvalue weighted by atomic mass is 10.0. The molecule has 3 aliphatic rings. The number of carbonyl (C=O) groups excluding carboxylic acids is 3. The number of anilines is 2. The number of cyclic esters (lactones) is 1. The van der Waals surface area contributed by atoms with Crippen LogP contribution in [-0.4, -0.2) is 78.6 Å². The first-order chi connectivity index (χ1) is 21.6. The fourth-order valence-corrected chi connectivity index (χ4v) is 5.25. The molecule has 236 valence electrons. The van der Waals surface area contributed by atoms with E-state index in [1.165, 1.54) is 4.90 Å². The third-order valence-electron chi connectivity index (χ3n) is 7.48. The van der Waals surface area contributed by atoms with Gasteiger partial charge in [-0.1, -0.05) is 30.3 Å². The number of ether oxygens (including phenoxy) is 4. The highest BCUT2D eigenvalue weighted by molar-refractivity contribution is 5.95. The first kappa shape index (κ1) is 30.2. The van der Waals surface area contributed by atoms with Gasteiger partial charge in [0.05, 0.1) is 19.6 Å². The fraction of sp³-hybridized carbons (Fsp3) is 0.394. The van der Waals surface area contributed by atoms with Crippen LogP contribution in [0.3, 0.4) is 0 Å². The molecule has 0 aliphatic carbocycles. The number of aromatic nitrogens is 1. The van der Waals surface area contributed by atoms with Crippen molar-refractivity contribution in [2.45, 2.75) is 51.5 Å². The van der Waals surface area contributed by atoms with Gasteiger partial charge < -0.3 is 34.5 Å². The summed E-state index contributed by atoms with van der Waals surface area (Å²) in [6, 6.07) is 19.6. The minimum absolute atomic E-state index is 0.0549. The molecule has 3 aliphatic heterocycles. The van der Waals surface area contributed by atoms with Crippen LogP contribution in [-0.2, 0) is 20.8 Å². The number of hydrogen-bond donors (Lipinski definition) is 2. The quantitative estimate of drug-likeness (QED) is 0.332. The maximum Gasteiger partial charge on any atom is 0.415 e. The fourth-order valence-electron chi connectivity index (χ4n) is 5.25. The predicted octanol–water partition coefficient (Wildman–Crippen LogP) is 4.58. The molecule has 0 spiro atoms. The third kappa shape index (κ3) is 7.46. The van der Waals surface area contributed by atoms with Gasteiger partial charge in [-0.15, -0.1) is 0 Å². The van der Waals surface area contributed by atoms with E-state index < -0.39 is 11.7 Å². The van der Waals surface area contributed by atoms with Crippen molar-refractivity contribution in [2.24, 2.45) is 0 Å². The number of fused-ring (bicyclic) bond motifs is 1. The number of nitrogens with one attached hydrogen (secondary N) is 2. The number of pyridine rings is 1. The summed E-state index contributed by atoms with van der Waals surface area (Å²) in [4.78, 5) is 43.8. The summed E-state index contributed by atoms with van der Waals surface area (Å²) < 4.78 is 22.5. The Hall–Kier alpha value is -4.84. The molecule has 1 aromatic heterocycles. The molecule has 0 radical (unpaired) electrons. The molecule has 3 amide bonds. The Morgan fingerprint density at radius 2 is 1.82 bits per heavy atom. The van der Waals surface area contributed by atoms with Crippen molar-refractivity contribution in [2.75, 3.05) is 43.0 Å². The smallest absolute Gasteiger partial charge is 0.415 e.